The molecule has 2 N–H and O–H groups in total. The third-order valence-electron chi connectivity index (χ3n) is 4.25. The van der Waals surface area contributed by atoms with E-state index < -0.39 is 0 Å². The van der Waals surface area contributed by atoms with Crippen LogP contribution in [0.4, 0.5) is 0 Å². The predicted molar refractivity (Wildman–Crippen MR) is 89.2 cm³/mol. The average Bonchev–Trinajstić information content (AvgIpc) is 2.54. The van der Waals surface area contributed by atoms with E-state index in [-0.39, 0.29) is 18.2 Å². The van der Waals surface area contributed by atoms with Crippen LogP contribution in [0.2, 0.25) is 0 Å². The van der Waals surface area contributed by atoms with E-state index in [4.69, 9.17) is 9.47 Å². The predicted octanol–water partition coefficient (Wildman–Crippen LogP) is 1.18. The van der Waals surface area contributed by atoms with E-state index in [1.54, 1.807) is 12.1 Å². The van der Waals surface area contributed by atoms with Crippen molar-refractivity contribution < 1.29 is 19.7 Å². The first-order chi connectivity index (χ1) is 10.7. The normalized spacial score (nSPS) is 20.2. The van der Waals surface area contributed by atoms with Crippen LogP contribution >= 0.6 is 12.4 Å². The second-order valence-electron chi connectivity index (χ2n) is 5.89. The zero-order chi connectivity index (χ0) is 15.4. The van der Waals surface area contributed by atoms with E-state index >= 15 is 0 Å². The van der Waals surface area contributed by atoms with Gasteiger partial charge in [0.1, 0.15) is 11.5 Å². The van der Waals surface area contributed by atoms with Gasteiger partial charge in [-0.3, -0.25) is 9.80 Å². The van der Waals surface area contributed by atoms with Gasteiger partial charge in [0.15, 0.2) is 0 Å². The summed E-state index contributed by atoms with van der Waals surface area (Å²) in [5.41, 5.74) is 1.57. The number of hydrogen-bond acceptors (Lipinski definition) is 6. The second kappa shape index (κ2) is 8.70. The fourth-order valence-corrected chi connectivity index (χ4v) is 2.98. The highest BCUT2D eigenvalue weighted by Gasteiger charge is 2.18. The lowest BCUT2D eigenvalue weighted by atomic mass is 10.1. The molecule has 0 radical (unpaired) electrons. The molecule has 6 nitrogen and oxygen atoms in total. The first-order valence-electron chi connectivity index (χ1n) is 7.86. The summed E-state index contributed by atoms with van der Waals surface area (Å²) in [5.74, 6) is 0.514. The highest BCUT2D eigenvalue weighted by molar-refractivity contribution is 5.85. The average molecular weight is 345 g/mol. The SMILES string of the molecule is Cl.Oc1cc(CN2CCOCC2)c(O)c(CN2CCOCC2)c1. The number of hydrogen-bond donors (Lipinski definition) is 2. The molecule has 130 valence electrons. The van der Waals surface area contributed by atoms with Gasteiger partial charge in [0.05, 0.1) is 26.4 Å². The van der Waals surface area contributed by atoms with Gasteiger partial charge in [-0.15, -0.1) is 12.4 Å². The zero-order valence-electron chi connectivity index (χ0n) is 13.2. The van der Waals surface area contributed by atoms with Crippen molar-refractivity contribution in [3.63, 3.8) is 0 Å². The Morgan fingerprint density at radius 2 is 1.17 bits per heavy atom. The molecule has 0 amide bonds. The third kappa shape index (κ3) is 4.96. The first-order valence-corrected chi connectivity index (χ1v) is 7.86. The van der Waals surface area contributed by atoms with Gasteiger partial charge >= 0.3 is 0 Å². The molecular formula is C16H25ClN2O4. The number of halogens is 1. The molecule has 0 atom stereocenters. The van der Waals surface area contributed by atoms with Gasteiger partial charge in [0, 0.05) is 50.4 Å². The molecule has 23 heavy (non-hydrogen) atoms. The van der Waals surface area contributed by atoms with Crippen LogP contribution in [-0.2, 0) is 22.6 Å². The topological polar surface area (TPSA) is 65.4 Å². The molecule has 1 aromatic rings. The molecule has 2 aliphatic heterocycles. The Bertz CT molecular complexity index is 462. The van der Waals surface area contributed by atoms with Crippen LogP contribution in [0, 0.1) is 0 Å². The molecule has 2 fully saturated rings. The Balaban J connectivity index is 0.00000192. The molecule has 2 saturated heterocycles. The molecule has 7 heteroatoms. The molecule has 1 aromatic carbocycles. The van der Waals surface area contributed by atoms with Crippen molar-refractivity contribution >= 4 is 12.4 Å². The molecule has 2 heterocycles. The Morgan fingerprint density at radius 1 is 0.783 bits per heavy atom. The van der Waals surface area contributed by atoms with E-state index in [9.17, 15) is 10.2 Å². The fourth-order valence-electron chi connectivity index (χ4n) is 2.98. The monoisotopic (exact) mass is 344 g/mol. The summed E-state index contributed by atoms with van der Waals surface area (Å²) in [5, 5.41) is 20.5. The zero-order valence-corrected chi connectivity index (χ0v) is 14.1. The van der Waals surface area contributed by atoms with Crippen LogP contribution in [0.3, 0.4) is 0 Å². The number of nitrogens with zero attached hydrogens (tertiary/aromatic N) is 2. The minimum atomic E-state index is 0. The summed E-state index contributed by atoms with van der Waals surface area (Å²) < 4.78 is 10.7. The summed E-state index contributed by atoms with van der Waals surface area (Å²) in [6, 6.07) is 3.32. The summed E-state index contributed by atoms with van der Waals surface area (Å²) in [4.78, 5) is 4.47. The van der Waals surface area contributed by atoms with Crippen LogP contribution in [-0.4, -0.2) is 72.6 Å². The maximum absolute atomic E-state index is 10.5. The first kappa shape index (κ1) is 18.3. The summed E-state index contributed by atoms with van der Waals surface area (Å²) in [7, 11) is 0. The molecule has 0 bridgehead atoms. The molecule has 0 aromatic heterocycles. The smallest absolute Gasteiger partial charge is 0.124 e. The van der Waals surface area contributed by atoms with Crippen LogP contribution in [0.25, 0.3) is 0 Å². The van der Waals surface area contributed by atoms with Gasteiger partial charge in [-0.25, -0.2) is 0 Å². The fraction of sp³-hybridized carbons (Fsp3) is 0.625. The molecular weight excluding hydrogens is 320 g/mol. The van der Waals surface area contributed by atoms with Crippen molar-refractivity contribution in [3.8, 4) is 11.5 Å². The Labute approximate surface area is 143 Å². The second-order valence-corrected chi connectivity index (χ2v) is 5.89. The highest BCUT2D eigenvalue weighted by Crippen LogP contribution is 2.30. The Kier molecular flexibility index (Phi) is 6.92. The maximum atomic E-state index is 10.5. The quantitative estimate of drug-likeness (QED) is 0.800. The lowest BCUT2D eigenvalue weighted by Crippen LogP contribution is -2.36. The molecule has 0 saturated carbocycles. The maximum Gasteiger partial charge on any atom is 0.124 e. The lowest BCUT2D eigenvalue weighted by molar-refractivity contribution is 0.0327. The number of aromatic hydroxyl groups is 2. The third-order valence-corrected chi connectivity index (χ3v) is 4.25. The molecule has 0 aliphatic carbocycles. The van der Waals surface area contributed by atoms with E-state index in [0.717, 1.165) is 63.7 Å². The lowest BCUT2D eigenvalue weighted by Gasteiger charge is -2.29. The van der Waals surface area contributed by atoms with Gasteiger partial charge in [-0.05, 0) is 12.1 Å². The van der Waals surface area contributed by atoms with Gasteiger partial charge < -0.3 is 19.7 Å². The van der Waals surface area contributed by atoms with Gasteiger partial charge in [-0.1, -0.05) is 0 Å². The number of morpholine rings is 2. The number of phenols is 2. The molecule has 2 aliphatic rings. The van der Waals surface area contributed by atoms with E-state index in [0.29, 0.717) is 18.8 Å². The van der Waals surface area contributed by atoms with Crippen LogP contribution in [0.15, 0.2) is 12.1 Å². The molecule has 0 unspecified atom stereocenters. The summed E-state index contributed by atoms with van der Waals surface area (Å²) in [6.07, 6.45) is 0. The number of benzene rings is 1. The molecule has 3 rings (SSSR count). The van der Waals surface area contributed by atoms with Crippen LogP contribution < -0.4 is 0 Å². The van der Waals surface area contributed by atoms with E-state index in [1.807, 2.05) is 0 Å². The largest absolute Gasteiger partial charge is 0.508 e. The Hall–Kier alpha value is -1.05. The number of rotatable bonds is 4. The van der Waals surface area contributed by atoms with Crippen molar-refractivity contribution in [1.82, 2.24) is 9.80 Å². The van der Waals surface area contributed by atoms with Crippen LogP contribution in [0.5, 0.6) is 11.5 Å². The van der Waals surface area contributed by atoms with E-state index in [2.05, 4.69) is 9.80 Å². The minimum absolute atomic E-state index is 0. The van der Waals surface area contributed by atoms with Gasteiger partial charge in [-0.2, -0.15) is 0 Å². The standard InChI is InChI=1S/C16H24N2O4.ClH/c19-15-9-13(11-17-1-5-21-6-2-17)16(20)14(10-15)12-18-3-7-22-8-4-18;/h9-10,19-20H,1-8,11-12H2;1H. The minimum Gasteiger partial charge on any atom is -0.508 e. The van der Waals surface area contributed by atoms with Crippen molar-refractivity contribution in [2.75, 3.05) is 52.6 Å². The van der Waals surface area contributed by atoms with Gasteiger partial charge in [0.2, 0.25) is 0 Å². The van der Waals surface area contributed by atoms with Crippen molar-refractivity contribution in [2.45, 2.75) is 13.1 Å². The highest BCUT2D eigenvalue weighted by atomic mass is 35.5. The molecule has 0 spiro atoms. The van der Waals surface area contributed by atoms with Crippen LogP contribution in [0.1, 0.15) is 11.1 Å². The van der Waals surface area contributed by atoms with E-state index in [1.165, 1.54) is 0 Å². The van der Waals surface area contributed by atoms with Crippen molar-refractivity contribution in [3.05, 3.63) is 23.3 Å². The number of phenolic OH excluding ortho intramolecular Hbond substituents is 2. The number of ether oxygens (including phenoxy) is 2. The summed E-state index contributed by atoms with van der Waals surface area (Å²) in [6.45, 7) is 7.59. The Morgan fingerprint density at radius 3 is 1.57 bits per heavy atom. The van der Waals surface area contributed by atoms with Gasteiger partial charge in [0.25, 0.3) is 0 Å². The summed E-state index contributed by atoms with van der Waals surface area (Å²) >= 11 is 0. The van der Waals surface area contributed by atoms with Crippen molar-refractivity contribution in [1.29, 1.82) is 0 Å². The van der Waals surface area contributed by atoms with Crippen molar-refractivity contribution in [2.24, 2.45) is 0 Å².